The number of nitrogens with two attached hydrogens (primary N) is 3. The topological polar surface area (TPSA) is 714 Å². The molecule has 0 spiro atoms. The van der Waals surface area contributed by atoms with Crippen molar-refractivity contribution < 1.29 is 131 Å². The molecule has 1 saturated heterocycles. The molecule has 5 rings (SSSR count). The first kappa shape index (κ1) is 101. The van der Waals surface area contributed by atoms with Crippen molar-refractivity contribution in [2.75, 3.05) is 44.3 Å². The fourth-order valence-corrected chi connectivity index (χ4v) is 12.8. The maximum Gasteiger partial charge on any atom is 0.329 e. The number of nitrogens with one attached hydrogen (secondary N) is 15. The smallest absolute Gasteiger partial charge is 0.329 e. The molecule has 44 nitrogen and oxygen atoms in total. The second-order valence-corrected chi connectivity index (χ2v) is 29.3. The minimum Gasteiger partial charge on any atom is -0.481 e. The lowest BCUT2D eigenvalue weighted by Gasteiger charge is -2.30. The predicted octanol–water partition coefficient (Wildman–Crippen LogP) is -4.52. The van der Waals surface area contributed by atoms with Crippen molar-refractivity contribution in [3.05, 3.63) is 95.4 Å². The normalized spacial score (nSPS) is 20.5. The fraction of sp³-hybridized carbons (Fsp3) is 0.494. The van der Waals surface area contributed by atoms with Gasteiger partial charge in [-0.1, -0.05) is 88.8 Å². The molecule has 13 atom stereocenters. The van der Waals surface area contributed by atoms with Crippen LogP contribution in [0.3, 0.4) is 0 Å². The number of unbranched alkanes of at least 4 members (excludes halogenated alkanes) is 6. The summed E-state index contributed by atoms with van der Waals surface area (Å²) in [6.07, 6.45) is -2.15. The molecule has 124 heavy (non-hydrogen) atoms. The monoisotopic (exact) mass is 1740 g/mol. The van der Waals surface area contributed by atoms with Crippen LogP contribution in [0.1, 0.15) is 157 Å². The van der Waals surface area contributed by atoms with Crippen molar-refractivity contribution >= 4 is 141 Å². The summed E-state index contributed by atoms with van der Waals surface area (Å²) in [7, 11) is 0. The Hall–Kier alpha value is -13.8. The van der Waals surface area contributed by atoms with Crippen molar-refractivity contribution in [3.63, 3.8) is 0 Å². The van der Waals surface area contributed by atoms with Gasteiger partial charge in [0, 0.05) is 66.5 Å². The number of rotatable bonds is 37. The van der Waals surface area contributed by atoms with Crippen LogP contribution < -0.4 is 91.6 Å². The van der Waals surface area contributed by atoms with Gasteiger partial charge in [-0.05, 0) is 81.3 Å². The molecule has 1 aliphatic rings. The maximum absolute atomic E-state index is 15.0. The van der Waals surface area contributed by atoms with Crippen LogP contribution in [0, 0.1) is 11.7 Å². The molecule has 26 N–H and O–H groups in total. The van der Waals surface area contributed by atoms with Crippen LogP contribution in [0.5, 0.6) is 0 Å². The highest BCUT2D eigenvalue weighted by atomic mass is 19.1. The van der Waals surface area contributed by atoms with E-state index in [-0.39, 0.29) is 36.2 Å². The summed E-state index contributed by atoms with van der Waals surface area (Å²) < 4.78 is 20.6. The number of carboxylic acid groups (broad SMARTS) is 3. The zero-order valence-electron chi connectivity index (χ0n) is 68.4. The van der Waals surface area contributed by atoms with E-state index in [0.29, 0.717) is 29.3 Å². The number of aliphatic carboxylic acids is 3. The number of halogens is 1. The number of para-hydroxylation sites is 2. The second kappa shape index (κ2) is 50.5. The number of benzene rings is 3. The number of fused-ring (bicyclic) bond motifs is 1. The van der Waals surface area contributed by atoms with Gasteiger partial charge in [0.1, 0.15) is 78.4 Å². The van der Waals surface area contributed by atoms with E-state index in [0.717, 1.165) is 58.9 Å². The summed E-state index contributed by atoms with van der Waals surface area (Å²) in [5.41, 5.74) is 17.4. The minimum absolute atomic E-state index is 0.00627. The van der Waals surface area contributed by atoms with Gasteiger partial charge in [0.05, 0.1) is 50.9 Å². The standard InChI is InChI=1S/C79H107FN18O26/c1-5-6-7-8-9-10-11-25-59(103)90-51(30-42-35-85-48-23-15-13-18-43(42)48)73(117)94-52(32-58(83)102)74(118)92-50(26-28-99)71(115)98-67-41(4)124-79(123)55(31-57(101)44-19-12-14-21-46(44)81)96-78(122)66(39(2)29-62(106)107)97-75(119)56(38-100)91-61(105)36-86-69(113)53(33-63(108)109)93-68(112)40(3)88-72(116)54(34-64(110)111)95-70(114)49(89-60(104)37-87-77(67)121)24-17-27-84-76(120)65-45(80)20-16-22-47(65)82/h12-16,18-23,35,39-41,49-56,66-67,85,99-100H,5-11,17,24-34,36-38,81-82H2,1-4H3,(H2,83,102)(H,84,120)(H,86,113)(H,87,121)(H,88,116)(H,89,104)(H,90,103)(H,91,105)(H,92,118)(H,93,112)(H,94,117)(H,95,114)(H,96,122)(H,97,119)(H,98,115)(H,106,107)(H,108,109)(H,110,111)/t39-,40-,41-,49+,50+,51+,52+,53+,54+,55+,56-,66+,67+/m1/s1. The number of hydrogen-bond donors (Lipinski definition) is 23. The summed E-state index contributed by atoms with van der Waals surface area (Å²) in [6, 6.07) is -7.08. The Kier molecular flexibility index (Phi) is 41.0. The molecule has 1 aromatic heterocycles. The Balaban J connectivity index is 1.63. The summed E-state index contributed by atoms with van der Waals surface area (Å²) in [6.45, 7) is -0.219. The van der Waals surface area contributed by atoms with Gasteiger partial charge in [0.2, 0.25) is 82.7 Å². The summed E-state index contributed by atoms with van der Waals surface area (Å²) >= 11 is 0. The van der Waals surface area contributed by atoms with Crippen LogP contribution >= 0.6 is 0 Å². The number of aromatic nitrogens is 1. The lowest BCUT2D eigenvalue weighted by molar-refractivity contribution is -0.156. The number of primary amides is 1. The second-order valence-electron chi connectivity index (χ2n) is 29.3. The third-order valence-electron chi connectivity index (χ3n) is 19.4. The number of hydrogen-bond acceptors (Lipinski definition) is 25. The van der Waals surface area contributed by atoms with E-state index in [9.17, 15) is 126 Å². The Morgan fingerprint density at radius 3 is 1.77 bits per heavy atom. The lowest BCUT2D eigenvalue weighted by Crippen LogP contribution is -2.61. The summed E-state index contributed by atoms with van der Waals surface area (Å²) in [5, 5.41) is 82.0. The van der Waals surface area contributed by atoms with Crippen LogP contribution in [0.15, 0.2) is 72.9 Å². The van der Waals surface area contributed by atoms with Crippen molar-refractivity contribution in [2.45, 2.75) is 209 Å². The number of amides is 15. The van der Waals surface area contributed by atoms with Crippen molar-refractivity contribution in [2.24, 2.45) is 11.7 Å². The van der Waals surface area contributed by atoms with Gasteiger partial charge in [-0.3, -0.25) is 91.1 Å². The van der Waals surface area contributed by atoms with E-state index in [4.69, 9.17) is 21.9 Å². The number of anilines is 2. The van der Waals surface area contributed by atoms with E-state index < -0.39 is 286 Å². The molecule has 0 unspecified atom stereocenters. The number of carbonyl (C=O) groups is 20. The van der Waals surface area contributed by atoms with Crippen molar-refractivity contribution in [1.29, 1.82) is 0 Å². The molecular formula is C79H107FN18O26. The first-order chi connectivity index (χ1) is 58.7. The van der Waals surface area contributed by atoms with Crippen LogP contribution in [0.4, 0.5) is 15.8 Å². The molecule has 15 amide bonds. The van der Waals surface area contributed by atoms with Gasteiger partial charge < -0.3 is 127 Å². The van der Waals surface area contributed by atoms with E-state index in [1.807, 2.05) is 16.0 Å². The molecule has 0 radical (unpaired) electrons. The number of carboxylic acids is 3. The van der Waals surface area contributed by atoms with Crippen LogP contribution in [-0.2, 0) is 97.5 Å². The maximum atomic E-state index is 15.0. The zero-order valence-corrected chi connectivity index (χ0v) is 68.4. The SMILES string of the molecule is CCCCCCCCCC(=O)N[C@@H](Cc1c[nH]c2ccccc12)C(=O)N[C@@H](CC(N)=O)C(=O)N[C@@H](CCO)C(=O)N[C@@H]1C(=O)NCC(=O)N[C@@H](CCCNC(=O)c2c(N)cccc2F)C(=O)N[C@@H](CC(=O)O)C(=O)N[C@H](C)C(=O)N[C@@H](CC(=O)O)C(=O)NCC(=O)N[C@H](CO)C(=O)N[C@@H]([C@H](C)CC(=O)O)C(=O)N[C@@H](CC(=O)c2ccccc2N)C(=O)O[C@@H]1C. The van der Waals surface area contributed by atoms with Crippen LogP contribution in [0.25, 0.3) is 10.9 Å². The number of esters is 1. The van der Waals surface area contributed by atoms with Gasteiger partial charge in [0.25, 0.3) is 5.91 Å². The van der Waals surface area contributed by atoms with E-state index in [2.05, 4.69) is 70.4 Å². The first-order valence-electron chi connectivity index (χ1n) is 39.7. The number of ether oxygens (including phenoxy) is 1. The molecule has 1 aliphatic heterocycles. The number of aliphatic hydroxyl groups excluding tert-OH is 2. The highest BCUT2D eigenvalue weighted by Crippen LogP contribution is 2.22. The molecule has 3 aromatic carbocycles. The van der Waals surface area contributed by atoms with Gasteiger partial charge in [-0.25, -0.2) is 9.18 Å². The minimum atomic E-state index is -2.41. The molecular weight excluding hydrogens is 1640 g/mol. The number of carbonyl (C=O) groups excluding carboxylic acids is 17. The van der Waals surface area contributed by atoms with E-state index in [1.165, 1.54) is 36.4 Å². The molecule has 676 valence electrons. The summed E-state index contributed by atoms with van der Waals surface area (Å²) in [4.78, 5) is 279. The van der Waals surface area contributed by atoms with Gasteiger partial charge >= 0.3 is 23.9 Å². The van der Waals surface area contributed by atoms with E-state index in [1.54, 1.807) is 30.5 Å². The Bertz CT molecular complexity index is 4530. The van der Waals surface area contributed by atoms with E-state index >= 15 is 0 Å². The quantitative estimate of drug-likeness (QED) is 0.00875. The highest BCUT2D eigenvalue weighted by molar-refractivity contribution is 6.05. The van der Waals surface area contributed by atoms with Crippen molar-refractivity contribution in [1.82, 2.24) is 79.4 Å². The number of H-pyrrole nitrogens is 1. The molecule has 4 aromatic rings. The number of cyclic esters (lactones) is 1. The molecule has 45 heteroatoms. The third kappa shape index (κ3) is 33.0. The van der Waals surface area contributed by atoms with Gasteiger partial charge in [-0.2, -0.15) is 0 Å². The first-order valence-corrected chi connectivity index (χ1v) is 39.7. The molecule has 0 bridgehead atoms. The average Bonchev–Trinajstić information content (AvgIpc) is 1.63. The third-order valence-corrected chi connectivity index (χ3v) is 19.4. The zero-order chi connectivity index (χ0) is 92.0. The molecule has 1 fully saturated rings. The number of Topliss-reactive ketones (excluding diaryl/α,β-unsaturated/α-hetero) is 1. The molecule has 0 saturated carbocycles. The Morgan fingerprint density at radius 2 is 1.14 bits per heavy atom. The highest BCUT2D eigenvalue weighted by Gasteiger charge is 2.41. The lowest BCUT2D eigenvalue weighted by atomic mass is 9.96. The number of aliphatic hydroxyl groups is 2. The Morgan fingerprint density at radius 1 is 0.565 bits per heavy atom. The van der Waals surface area contributed by atoms with Crippen molar-refractivity contribution in [3.8, 4) is 0 Å². The number of nitrogen functional groups attached to an aromatic ring is 2. The molecule has 2 heterocycles. The number of ketones is 1. The number of aromatic amines is 1. The Labute approximate surface area is 708 Å². The average molecular weight is 1740 g/mol. The predicted molar refractivity (Wildman–Crippen MR) is 434 cm³/mol. The molecule has 0 aliphatic carbocycles. The fourth-order valence-electron chi connectivity index (χ4n) is 12.8. The summed E-state index contributed by atoms with van der Waals surface area (Å²) in [5.74, 6) is -30.0. The van der Waals surface area contributed by atoms with Gasteiger partial charge in [-0.15, -0.1) is 0 Å². The largest absolute Gasteiger partial charge is 0.481 e. The van der Waals surface area contributed by atoms with Gasteiger partial charge in [0.15, 0.2) is 5.78 Å². The van der Waals surface area contributed by atoms with Crippen LogP contribution in [0.2, 0.25) is 0 Å². The van der Waals surface area contributed by atoms with Crippen LogP contribution in [-0.4, -0.2) is 254 Å².